The van der Waals surface area contributed by atoms with E-state index in [9.17, 15) is 19.5 Å². The van der Waals surface area contributed by atoms with Gasteiger partial charge in [0.25, 0.3) is 0 Å². The molecular formula is C32H44ClN3O8. The zero-order chi connectivity index (χ0) is 32.6. The molecule has 0 aromatic heterocycles. The molecule has 3 aliphatic rings. The number of rotatable bonds is 4. The van der Waals surface area contributed by atoms with Gasteiger partial charge in [-0.05, 0) is 51.9 Å². The first-order valence-electron chi connectivity index (χ1n) is 14.9. The molecule has 3 N–H and O–H groups in total. The molecule has 2 fully saturated rings. The van der Waals surface area contributed by atoms with Crippen LogP contribution in [0.5, 0.6) is 5.75 Å². The molecule has 0 saturated carbocycles. The van der Waals surface area contributed by atoms with Crippen LogP contribution < -0.4 is 20.3 Å². The monoisotopic (exact) mass is 633 g/mol. The Hall–Kier alpha value is -3.12. The molecule has 2 amide bonds. The number of likely N-dealkylation sites (N-methyl/N-ethyl adjacent to an activating group) is 1. The van der Waals surface area contributed by atoms with Crippen LogP contribution in [0.25, 0.3) is 0 Å². The first-order chi connectivity index (χ1) is 20.6. The molecule has 4 rings (SSSR count). The highest BCUT2D eigenvalue weighted by Crippen LogP contribution is 2.49. The number of esters is 1. The minimum Gasteiger partial charge on any atom is -0.495 e. The Morgan fingerprint density at radius 1 is 1.30 bits per heavy atom. The molecule has 0 spiro atoms. The van der Waals surface area contributed by atoms with Gasteiger partial charge in [-0.15, -0.1) is 0 Å². The van der Waals surface area contributed by atoms with Gasteiger partial charge in [-0.2, -0.15) is 0 Å². The van der Waals surface area contributed by atoms with Gasteiger partial charge in [0.1, 0.15) is 40.3 Å². The summed E-state index contributed by atoms with van der Waals surface area (Å²) >= 11 is 6.69. The summed E-state index contributed by atoms with van der Waals surface area (Å²) in [5, 5.41) is 17.3. The van der Waals surface area contributed by atoms with Crippen LogP contribution in [0, 0.1) is 11.8 Å². The molecule has 1 aromatic rings. The summed E-state index contributed by atoms with van der Waals surface area (Å²) in [5.74, 6) is -1.32. The van der Waals surface area contributed by atoms with Crippen molar-refractivity contribution in [3.05, 3.63) is 46.5 Å². The fourth-order valence-corrected chi connectivity index (χ4v) is 6.18. The highest BCUT2D eigenvalue weighted by atomic mass is 35.5. The maximum absolute atomic E-state index is 13.8. The lowest BCUT2D eigenvalue weighted by molar-refractivity contribution is -0.155. The molecule has 11 nitrogen and oxygen atoms in total. The molecule has 0 aliphatic carbocycles. The van der Waals surface area contributed by atoms with Crippen molar-refractivity contribution in [2.24, 2.45) is 11.8 Å². The summed E-state index contributed by atoms with van der Waals surface area (Å²) in [7, 11) is 4.77. The number of amides is 2. The number of nitrogens with one attached hydrogen (secondary N) is 2. The third kappa shape index (κ3) is 6.91. The maximum atomic E-state index is 13.8. The Morgan fingerprint density at radius 2 is 2.00 bits per heavy atom. The van der Waals surface area contributed by atoms with Gasteiger partial charge in [0.2, 0.25) is 5.91 Å². The normalized spacial score (nSPS) is 35.3. The van der Waals surface area contributed by atoms with Crippen LogP contribution >= 0.6 is 11.6 Å². The van der Waals surface area contributed by atoms with Crippen LogP contribution in [0.2, 0.25) is 5.02 Å². The standard InChI is InChI=1S/C32H44ClN3O8/c1-17-10-9-11-18(2)32(40)16-24(42-30(39)35-32)19(3)28-31(5,44-28)25(43-29(38)20(4)34-6)15-26(37)36(7)22-13-21(12-17)14-23(41-8)27(22)33/h9-11,13-14,18-20,24-25,28,34,40H,12,15-16H2,1-8H3,(H,35,39)/b11-9+,17-10+/t18?,19?,20-,24?,25?,28?,31?,32?/m0/s1. The number of methoxy groups -OCH3 is 1. The number of anilines is 1. The topological polar surface area (TPSA) is 139 Å². The van der Waals surface area contributed by atoms with E-state index >= 15 is 0 Å². The third-order valence-electron chi connectivity index (χ3n) is 9.14. The summed E-state index contributed by atoms with van der Waals surface area (Å²) in [4.78, 5) is 40.9. The van der Waals surface area contributed by atoms with Crippen molar-refractivity contribution in [3.63, 3.8) is 0 Å². The van der Waals surface area contributed by atoms with E-state index in [0.717, 1.165) is 11.1 Å². The number of hydrogen-bond acceptors (Lipinski definition) is 9. The number of carbonyl (C=O) groups is 3. The number of carbonyl (C=O) groups excluding carboxylic acids is 3. The molecule has 12 heteroatoms. The lowest BCUT2D eigenvalue weighted by Gasteiger charge is -2.41. The summed E-state index contributed by atoms with van der Waals surface area (Å²) in [5.41, 5.74) is -0.306. The quantitative estimate of drug-likeness (QED) is 0.333. The van der Waals surface area contributed by atoms with Crippen LogP contribution in [0.1, 0.15) is 53.0 Å². The number of nitrogens with zero attached hydrogens (tertiary/aromatic N) is 1. The number of hydrogen-bond donors (Lipinski definition) is 3. The minimum absolute atomic E-state index is 0.108. The maximum Gasteiger partial charge on any atom is 0.409 e. The Morgan fingerprint density at radius 3 is 2.66 bits per heavy atom. The molecule has 4 bridgehead atoms. The SMILES string of the molecule is CN[C@@H](C)C(=O)OC1CC(=O)N(C)c2cc(cc(OC)c2Cl)C/C(C)=C/C=C/C(C)C2(O)CC(OC(=O)N2)C(C)C2OC12C. The van der Waals surface area contributed by atoms with Crippen molar-refractivity contribution in [2.75, 3.05) is 26.1 Å². The van der Waals surface area contributed by atoms with Crippen molar-refractivity contribution >= 4 is 35.3 Å². The van der Waals surface area contributed by atoms with Crippen molar-refractivity contribution < 1.29 is 38.4 Å². The molecule has 3 aliphatic heterocycles. The molecule has 0 radical (unpaired) electrons. The summed E-state index contributed by atoms with van der Waals surface area (Å²) in [6.07, 6.45) is 3.12. The van der Waals surface area contributed by atoms with Crippen LogP contribution in [0.4, 0.5) is 10.5 Å². The zero-order valence-corrected chi connectivity index (χ0v) is 27.4. The predicted octanol–water partition coefficient (Wildman–Crippen LogP) is 3.90. The van der Waals surface area contributed by atoms with Crippen LogP contribution in [-0.4, -0.2) is 80.0 Å². The number of epoxide rings is 1. The van der Waals surface area contributed by atoms with E-state index in [0.29, 0.717) is 17.9 Å². The van der Waals surface area contributed by atoms with Gasteiger partial charge in [0.15, 0.2) is 0 Å². The van der Waals surface area contributed by atoms with Crippen molar-refractivity contribution in [2.45, 2.75) is 89.6 Å². The fourth-order valence-electron chi connectivity index (χ4n) is 5.87. The second kappa shape index (κ2) is 13.1. The van der Waals surface area contributed by atoms with Crippen molar-refractivity contribution in [1.82, 2.24) is 10.6 Å². The first kappa shape index (κ1) is 33.8. The number of alkyl carbamates (subject to hydrolysis) is 1. The lowest BCUT2D eigenvalue weighted by Crippen LogP contribution is -2.60. The summed E-state index contributed by atoms with van der Waals surface area (Å²) < 4.78 is 23.3. The third-order valence-corrected chi connectivity index (χ3v) is 9.52. The Kier molecular flexibility index (Phi) is 10.0. The van der Waals surface area contributed by atoms with E-state index in [1.807, 2.05) is 51.1 Å². The number of fused-ring (bicyclic) bond motifs is 5. The summed E-state index contributed by atoms with van der Waals surface area (Å²) in [6, 6.07) is 3.04. The van der Waals surface area contributed by atoms with Gasteiger partial charge in [-0.1, -0.05) is 49.2 Å². The van der Waals surface area contributed by atoms with E-state index in [4.69, 9.17) is 30.5 Å². The van der Waals surface area contributed by atoms with Gasteiger partial charge in [-0.25, -0.2) is 4.79 Å². The molecular weight excluding hydrogens is 590 g/mol. The van der Waals surface area contributed by atoms with E-state index in [1.54, 1.807) is 27.9 Å². The summed E-state index contributed by atoms with van der Waals surface area (Å²) in [6.45, 7) is 9.08. The minimum atomic E-state index is -1.56. The fraction of sp³-hybridized carbons (Fsp3) is 0.594. The van der Waals surface area contributed by atoms with Gasteiger partial charge < -0.3 is 34.3 Å². The predicted molar refractivity (Wildman–Crippen MR) is 166 cm³/mol. The highest BCUT2D eigenvalue weighted by Gasteiger charge is 2.64. The molecule has 44 heavy (non-hydrogen) atoms. The first-order valence-corrected chi connectivity index (χ1v) is 15.2. The molecule has 2 saturated heterocycles. The lowest BCUT2D eigenvalue weighted by atomic mass is 9.82. The molecule has 7 unspecified atom stereocenters. The largest absolute Gasteiger partial charge is 0.495 e. The van der Waals surface area contributed by atoms with Crippen LogP contribution in [0.3, 0.4) is 0 Å². The Balaban J connectivity index is 1.78. The second-order valence-corrected chi connectivity index (χ2v) is 12.7. The van der Waals surface area contributed by atoms with Gasteiger partial charge in [-0.3, -0.25) is 14.9 Å². The van der Waals surface area contributed by atoms with Gasteiger partial charge in [0, 0.05) is 25.3 Å². The average molecular weight is 634 g/mol. The molecule has 3 heterocycles. The number of halogens is 1. The number of allylic oxidation sites excluding steroid dienone is 3. The van der Waals surface area contributed by atoms with E-state index in [2.05, 4.69) is 10.6 Å². The molecule has 242 valence electrons. The molecule has 1 aromatic carbocycles. The van der Waals surface area contributed by atoms with Crippen LogP contribution in [0.15, 0.2) is 35.9 Å². The Bertz CT molecular complexity index is 1350. The van der Waals surface area contributed by atoms with E-state index in [-0.39, 0.29) is 23.8 Å². The smallest absolute Gasteiger partial charge is 0.409 e. The van der Waals surface area contributed by atoms with Crippen molar-refractivity contribution in [3.8, 4) is 5.75 Å². The highest BCUT2D eigenvalue weighted by molar-refractivity contribution is 6.35. The van der Waals surface area contributed by atoms with Crippen LogP contribution in [-0.2, 0) is 30.2 Å². The van der Waals surface area contributed by atoms with Crippen molar-refractivity contribution in [1.29, 1.82) is 0 Å². The number of ether oxygens (including phenoxy) is 4. The van der Waals surface area contributed by atoms with E-state index < -0.39 is 59.6 Å². The zero-order valence-electron chi connectivity index (χ0n) is 26.6. The average Bonchev–Trinajstić information content (AvgIpc) is 3.67. The van der Waals surface area contributed by atoms with Gasteiger partial charge in [0.05, 0.1) is 25.3 Å². The van der Waals surface area contributed by atoms with E-state index in [1.165, 1.54) is 12.0 Å². The van der Waals surface area contributed by atoms with Gasteiger partial charge >= 0.3 is 12.1 Å². The number of aliphatic hydroxyl groups is 1. The second-order valence-electron chi connectivity index (χ2n) is 12.4. The molecule has 8 atom stereocenters. The number of benzene rings is 1. The Labute approximate surface area is 263 Å².